The molecular weight excluding hydrogens is 242 g/mol. The molecule has 3 rings (SSSR count). The van der Waals surface area contributed by atoms with Gasteiger partial charge in [0.2, 0.25) is 0 Å². The molecule has 0 saturated carbocycles. The zero-order valence-electron chi connectivity index (χ0n) is 13.2. The first-order chi connectivity index (χ1) is 9.84. The second-order valence-corrected chi connectivity index (χ2v) is 4.08. The first-order valence-corrected chi connectivity index (χ1v) is 7.48. The molecule has 20 heavy (non-hydrogen) atoms. The number of aromatic nitrogens is 1. The summed E-state index contributed by atoms with van der Waals surface area (Å²) < 4.78 is 2.22. The van der Waals surface area contributed by atoms with Crippen molar-refractivity contribution in [3.05, 3.63) is 66.4 Å². The predicted molar refractivity (Wildman–Crippen MR) is 90.7 cm³/mol. The second kappa shape index (κ2) is 8.21. The summed E-state index contributed by atoms with van der Waals surface area (Å²) in [7, 11) is 0. The third-order valence-electron chi connectivity index (χ3n) is 2.91. The predicted octanol–water partition coefficient (Wildman–Crippen LogP) is 5.99. The molecule has 0 fully saturated rings. The average molecular weight is 267 g/mol. The minimum absolute atomic E-state index is 1.21. The van der Waals surface area contributed by atoms with Gasteiger partial charge in [-0.1, -0.05) is 63.6 Å². The molecule has 0 aliphatic carbocycles. The summed E-state index contributed by atoms with van der Waals surface area (Å²) >= 11 is 0. The SMILES string of the molecule is CC.CC.Cc1ccc(-n2ccc3ccccc32)cc1. The van der Waals surface area contributed by atoms with Crippen molar-refractivity contribution in [2.75, 3.05) is 0 Å². The second-order valence-electron chi connectivity index (χ2n) is 4.08. The fourth-order valence-electron chi connectivity index (χ4n) is 2.01. The standard InChI is InChI=1S/C15H13N.2C2H6/c1-12-6-8-14(9-7-12)16-11-10-13-4-2-3-5-15(13)16;2*1-2/h2-11H,1H3;2*1-2H3. The summed E-state index contributed by atoms with van der Waals surface area (Å²) in [5, 5.41) is 1.28. The lowest BCUT2D eigenvalue weighted by Crippen LogP contribution is -1.90. The number of nitrogens with zero attached hydrogens (tertiary/aromatic N) is 1. The lowest BCUT2D eigenvalue weighted by atomic mass is 10.2. The first kappa shape index (κ1) is 16.0. The Hall–Kier alpha value is -2.02. The van der Waals surface area contributed by atoms with Crippen LogP contribution < -0.4 is 0 Å². The van der Waals surface area contributed by atoms with Gasteiger partial charge in [0.05, 0.1) is 5.52 Å². The van der Waals surface area contributed by atoms with Gasteiger partial charge in [0, 0.05) is 11.9 Å². The smallest absolute Gasteiger partial charge is 0.0528 e. The molecule has 1 aromatic heterocycles. The summed E-state index contributed by atoms with van der Waals surface area (Å²) in [6, 6.07) is 19.2. The van der Waals surface area contributed by atoms with E-state index in [1.165, 1.54) is 22.2 Å². The molecule has 0 aliphatic heterocycles. The van der Waals surface area contributed by atoms with Crippen molar-refractivity contribution in [3.63, 3.8) is 0 Å². The van der Waals surface area contributed by atoms with E-state index in [1.807, 2.05) is 27.7 Å². The Morgan fingerprint density at radius 2 is 1.30 bits per heavy atom. The Bertz CT molecular complexity index is 618. The number of aryl methyl sites for hydroxylation is 1. The lowest BCUT2D eigenvalue weighted by molar-refractivity contribution is 1.12. The Balaban J connectivity index is 0.000000461. The lowest BCUT2D eigenvalue weighted by Gasteiger charge is -2.05. The largest absolute Gasteiger partial charge is 0.317 e. The molecule has 0 aliphatic rings. The number of para-hydroxylation sites is 1. The number of hydrogen-bond donors (Lipinski definition) is 0. The summed E-state index contributed by atoms with van der Waals surface area (Å²) in [5.41, 5.74) is 3.76. The van der Waals surface area contributed by atoms with E-state index in [0.29, 0.717) is 0 Å². The molecule has 1 heterocycles. The van der Waals surface area contributed by atoms with Crippen LogP contribution in [-0.4, -0.2) is 4.57 Å². The minimum Gasteiger partial charge on any atom is -0.317 e. The van der Waals surface area contributed by atoms with Gasteiger partial charge in [-0.05, 0) is 36.6 Å². The maximum absolute atomic E-state index is 2.22. The van der Waals surface area contributed by atoms with Gasteiger partial charge in [0.1, 0.15) is 0 Å². The number of hydrogen-bond acceptors (Lipinski definition) is 0. The van der Waals surface area contributed by atoms with Gasteiger partial charge in [-0.3, -0.25) is 0 Å². The van der Waals surface area contributed by atoms with Gasteiger partial charge in [0.25, 0.3) is 0 Å². The van der Waals surface area contributed by atoms with Crippen molar-refractivity contribution in [1.29, 1.82) is 0 Å². The van der Waals surface area contributed by atoms with Crippen LogP contribution in [0.1, 0.15) is 33.3 Å². The normalized spacial score (nSPS) is 9.25. The Morgan fingerprint density at radius 3 is 1.95 bits per heavy atom. The molecule has 1 nitrogen and oxygen atoms in total. The summed E-state index contributed by atoms with van der Waals surface area (Å²) in [4.78, 5) is 0. The van der Waals surface area contributed by atoms with Crippen molar-refractivity contribution in [2.24, 2.45) is 0 Å². The molecular formula is C19H25N. The Kier molecular flexibility index (Phi) is 6.58. The Morgan fingerprint density at radius 1 is 0.700 bits per heavy atom. The highest BCUT2D eigenvalue weighted by Gasteiger charge is 2.01. The van der Waals surface area contributed by atoms with Gasteiger partial charge < -0.3 is 4.57 Å². The third-order valence-corrected chi connectivity index (χ3v) is 2.91. The molecule has 0 spiro atoms. The molecule has 0 saturated heterocycles. The van der Waals surface area contributed by atoms with Crippen molar-refractivity contribution in [1.82, 2.24) is 4.57 Å². The van der Waals surface area contributed by atoms with E-state index in [1.54, 1.807) is 0 Å². The molecule has 0 amide bonds. The molecule has 0 unspecified atom stereocenters. The van der Waals surface area contributed by atoms with Crippen LogP contribution in [0.3, 0.4) is 0 Å². The van der Waals surface area contributed by atoms with E-state index in [2.05, 4.69) is 72.3 Å². The van der Waals surface area contributed by atoms with Crippen LogP contribution in [0.5, 0.6) is 0 Å². The molecule has 2 aromatic carbocycles. The molecule has 0 bridgehead atoms. The molecule has 3 aromatic rings. The van der Waals surface area contributed by atoms with Gasteiger partial charge in [0.15, 0.2) is 0 Å². The van der Waals surface area contributed by atoms with Crippen molar-refractivity contribution < 1.29 is 0 Å². The van der Waals surface area contributed by atoms with E-state index in [9.17, 15) is 0 Å². The molecule has 1 heteroatoms. The fraction of sp³-hybridized carbons (Fsp3) is 0.263. The minimum atomic E-state index is 1.21. The molecule has 0 N–H and O–H groups in total. The number of benzene rings is 2. The van der Waals surface area contributed by atoms with Crippen LogP contribution in [0.2, 0.25) is 0 Å². The molecule has 0 radical (unpaired) electrons. The van der Waals surface area contributed by atoms with Gasteiger partial charge in [-0.15, -0.1) is 0 Å². The monoisotopic (exact) mass is 267 g/mol. The van der Waals surface area contributed by atoms with E-state index < -0.39 is 0 Å². The summed E-state index contributed by atoms with van der Waals surface area (Å²) in [6.07, 6.45) is 2.12. The van der Waals surface area contributed by atoms with Crippen LogP contribution in [0.4, 0.5) is 0 Å². The van der Waals surface area contributed by atoms with Crippen molar-refractivity contribution in [2.45, 2.75) is 34.6 Å². The summed E-state index contributed by atoms with van der Waals surface area (Å²) in [6.45, 7) is 10.1. The fourth-order valence-corrected chi connectivity index (χ4v) is 2.01. The highest BCUT2D eigenvalue weighted by Crippen LogP contribution is 2.20. The Labute approximate surface area is 122 Å². The number of fused-ring (bicyclic) bond motifs is 1. The third kappa shape index (κ3) is 3.51. The van der Waals surface area contributed by atoms with Crippen molar-refractivity contribution in [3.8, 4) is 5.69 Å². The van der Waals surface area contributed by atoms with Crippen molar-refractivity contribution >= 4 is 10.9 Å². The topological polar surface area (TPSA) is 4.93 Å². The maximum Gasteiger partial charge on any atom is 0.0528 e. The highest BCUT2D eigenvalue weighted by molar-refractivity contribution is 5.81. The first-order valence-electron chi connectivity index (χ1n) is 7.48. The molecule has 0 atom stereocenters. The van der Waals surface area contributed by atoms with E-state index >= 15 is 0 Å². The van der Waals surface area contributed by atoms with Crippen LogP contribution in [-0.2, 0) is 0 Å². The van der Waals surface area contributed by atoms with Gasteiger partial charge in [-0.25, -0.2) is 0 Å². The number of rotatable bonds is 1. The highest BCUT2D eigenvalue weighted by atomic mass is 15.0. The van der Waals surface area contributed by atoms with Crippen LogP contribution in [0.15, 0.2) is 60.8 Å². The van der Waals surface area contributed by atoms with Crippen LogP contribution >= 0.6 is 0 Å². The van der Waals surface area contributed by atoms with E-state index in [4.69, 9.17) is 0 Å². The van der Waals surface area contributed by atoms with E-state index in [-0.39, 0.29) is 0 Å². The zero-order chi connectivity index (χ0) is 15.0. The molecule has 106 valence electrons. The summed E-state index contributed by atoms with van der Waals surface area (Å²) in [5.74, 6) is 0. The van der Waals surface area contributed by atoms with Gasteiger partial charge >= 0.3 is 0 Å². The quantitative estimate of drug-likeness (QED) is 0.510. The van der Waals surface area contributed by atoms with Gasteiger partial charge in [-0.2, -0.15) is 0 Å². The maximum atomic E-state index is 2.22. The zero-order valence-corrected chi connectivity index (χ0v) is 13.2. The van der Waals surface area contributed by atoms with Crippen LogP contribution in [0.25, 0.3) is 16.6 Å². The van der Waals surface area contributed by atoms with Crippen LogP contribution in [0, 0.1) is 6.92 Å². The van der Waals surface area contributed by atoms with E-state index in [0.717, 1.165) is 0 Å². The average Bonchev–Trinajstić information content (AvgIpc) is 2.96.